The molecule has 23 heavy (non-hydrogen) atoms. The van der Waals surface area contributed by atoms with E-state index in [1.807, 2.05) is 0 Å². The molecule has 4 nitrogen and oxygen atoms in total. The molecule has 122 valence electrons. The molecular weight excluding hydrogens is 329 g/mol. The molecule has 2 rings (SSSR count). The van der Waals surface area contributed by atoms with E-state index >= 15 is 0 Å². The van der Waals surface area contributed by atoms with Gasteiger partial charge >= 0.3 is 6.18 Å². The Morgan fingerprint density at radius 3 is 2.70 bits per heavy atom. The fourth-order valence-electron chi connectivity index (χ4n) is 1.86. The molecule has 0 radical (unpaired) electrons. The van der Waals surface area contributed by atoms with Gasteiger partial charge < -0.3 is 15.0 Å². The standard InChI is InChI=1S/C15H13F3N2O2S/c1-9-11(5-2-6-12(9)22-8-15(16,17)18)20-13(21)10-4-3-7-19-14(10)23/h2-7H,8H2,1H3,(H,19,23)(H,20,21). The third-order valence-electron chi connectivity index (χ3n) is 2.99. The minimum Gasteiger partial charge on any atom is -0.484 e. The van der Waals surface area contributed by atoms with Gasteiger partial charge in [0.15, 0.2) is 6.61 Å². The van der Waals surface area contributed by atoms with Crippen molar-refractivity contribution in [2.75, 3.05) is 11.9 Å². The van der Waals surface area contributed by atoms with Crippen molar-refractivity contribution in [3.05, 3.63) is 52.3 Å². The maximum absolute atomic E-state index is 12.2. The Morgan fingerprint density at radius 1 is 1.30 bits per heavy atom. The molecule has 1 aromatic carbocycles. The van der Waals surface area contributed by atoms with Crippen molar-refractivity contribution >= 4 is 23.8 Å². The average molecular weight is 342 g/mol. The molecule has 0 saturated heterocycles. The van der Waals surface area contributed by atoms with Gasteiger partial charge in [-0.2, -0.15) is 13.2 Å². The number of carbonyl (C=O) groups excluding carboxylic acids is 1. The smallest absolute Gasteiger partial charge is 0.422 e. The van der Waals surface area contributed by atoms with Crippen LogP contribution in [0, 0.1) is 11.6 Å². The number of hydrogen-bond donors (Lipinski definition) is 2. The van der Waals surface area contributed by atoms with E-state index in [4.69, 9.17) is 17.0 Å². The molecule has 0 bridgehead atoms. The van der Waals surface area contributed by atoms with Crippen LogP contribution in [0.15, 0.2) is 36.5 Å². The van der Waals surface area contributed by atoms with Crippen LogP contribution in [0.5, 0.6) is 5.75 Å². The SMILES string of the molecule is Cc1c(NC(=O)c2ccc[nH]c2=S)cccc1OCC(F)(F)F. The molecule has 0 fully saturated rings. The van der Waals surface area contributed by atoms with Gasteiger partial charge in [0.05, 0.1) is 5.56 Å². The number of benzene rings is 1. The highest BCUT2D eigenvalue weighted by Crippen LogP contribution is 2.27. The number of aromatic amines is 1. The molecule has 0 saturated carbocycles. The first-order valence-electron chi connectivity index (χ1n) is 6.56. The number of alkyl halides is 3. The molecule has 2 N–H and O–H groups in total. The number of ether oxygens (including phenoxy) is 1. The second-order valence-electron chi connectivity index (χ2n) is 4.70. The van der Waals surface area contributed by atoms with E-state index in [1.54, 1.807) is 31.3 Å². The molecule has 0 unspecified atom stereocenters. The molecular formula is C15H13F3N2O2S. The van der Waals surface area contributed by atoms with Crippen LogP contribution in [0.4, 0.5) is 18.9 Å². The highest BCUT2D eigenvalue weighted by Gasteiger charge is 2.28. The zero-order valence-corrected chi connectivity index (χ0v) is 12.8. The van der Waals surface area contributed by atoms with Gasteiger partial charge in [0.25, 0.3) is 5.91 Å². The van der Waals surface area contributed by atoms with E-state index in [2.05, 4.69) is 10.3 Å². The summed E-state index contributed by atoms with van der Waals surface area (Å²) in [5.41, 5.74) is 1.02. The van der Waals surface area contributed by atoms with Crippen molar-refractivity contribution in [1.82, 2.24) is 4.98 Å². The maximum Gasteiger partial charge on any atom is 0.422 e. The third kappa shape index (κ3) is 4.56. The van der Waals surface area contributed by atoms with Crippen LogP contribution >= 0.6 is 12.2 Å². The van der Waals surface area contributed by atoms with Gasteiger partial charge in [-0.05, 0) is 31.2 Å². The van der Waals surface area contributed by atoms with Gasteiger partial charge in [-0.1, -0.05) is 18.3 Å². The van der Waals surface area contributed by atoms with Gasteiger partial charge in [0.1, 0.15) is 10.4 Å². The van der Waals surface area contributed by atoms with E-state index in [9.17, 15) is 18.0 Å². The number of pyridine rings is 1. The quantitative estimate of drug-likeness (QED) is 0.817. The zero-order valence-electron chi connectivity index (χ0n) is 12.0. The molecule has 8 heteroatoms. The summed E-state index contributed by atoms with van der Waals surface area (Å²) in [5.74, 6) is -0.402. The molecule has 0 spiro atoms. The van der Waals surface area contributed by atoms with Crippen molar-refractivity contribution in [1.29, 1.82) is 0 Å². The van der Waals surface area contributed by atoms with Crippen molar-refractivity contribution < 1.29 is 22.7 Å². The van der Waals surface area contributed by atoms with Gasteiger partial charge in [-0.15, -0.1) is 0 Å². The first kappa shape index (κ1) is 17.0. The summed E-state index contributed by atoms with van der Waals surface area (Å²) in [4.78, 5) is 14.9. The highest BCUT2D eigenvalue weighted by atomic mass is 32.1. The number of aromatic nitrogens is 1. The van der Waals surface area contributed by atoms with Crippen LogP contribution in [0.25, 0.3) is 0 Å². The topological polar surface area (TPSA) is 54.1 Å². The van der Waals surface area contributed by atoms with Crippen LogP contribution in [0.1, 0.15) is 15.9 Å². The summed E-state index contributed by atoms with van der Waals surface area (Å²) in [7, 11) is 0. The molecule has 0 atom stereocenters. The summed E-state index contributed by atoms with van der Waals surface area (Å²) in [5, 5.41) is 2.62. The summed E-state index contributed by atoms with van der Waals surface area (Å²) in [6, 6.07) is 7.66. The van der Waals surface area contributed by atoms with Crippen LogP contribution in [0.3, 0.4) is 0 Å². The Labute approximate surface area is 135 Å². The second-order valence-corrected chi connectivity index (χ2v) is 5.11. The van der Waals surface area contributed by atoms with E-state index in [0.717, 1.165) is 0 Å². The molecule has 0 aliphatic heterocycles. The number of H-pyrrole nitrogens is 1. The summed E-state index contributed by atoms with van der Waals surface area (Å²) >= 11 is 5.02. The Morgan fingerprint density at radius 2 is 2.04 bits per heavy atom. The number of carbonyl (C=O) groups is 1. The number of rotatable bonds is 4. The first-order valence-corrected chi connectivity index (χ1v) is 6.97. The minimum atomic E-state index is -4.43. The van der Waals surface area contributed by atoms with Crippen molar-refractivity contribution in [3.63, 3.8) is 0 Å². The molecule has 2 aromatic rings. The second kappa shape index (κ2) is 6.82. The largest absolute Gasteiger partial charge is 0.484 e. The average Bonchev–Trinajstić information content (AvgIpc) is 2.47. The third-order valence-corrected chi connectivity index (χ3v) is 3.32. The fraction of sp³-hybridized carbons (Fsp3) is 0.200. The lowest BCUT2D eigenvalue weighted by Crippen LogP contribution is -2.20. The van der Waals surface area contributed by atoms with Crippen molar-refractivity contribution in [2.45, 2.75) is 13.1 Å². The summed E-state index contributed by atoms with van der Waals surface area (Å²) < 4.78 is 41.7. The van der Waals surface area contributed by atoms with Gasteiger partial charge in [-0.25, -0.2) is 0 Å². The molecule has 1 amide bonds. The van der Waals surface area contributed by atoms with E-state index in [0.29, 0.717) is 11.3 Å². The number of hydrogen-bond acceptors (Lipinski definition) is 3. The Hall–Kier alpha value is -2.35. The Kier molecular flexibility index (Phi) is 5.05. The van der Waals surface area contributed by atoms with Crippen molar-refractivity contribution in [3.8, 4) is 5.75 Å². The first-order chi connectivity index (χ1) is 10.8. The predicted molar refractivity (Wildman–Crippen MR) is 82.3 cm³/mol. The maximum atomic E-state index is 12.2. The van der Waals surface area contributed by atoms with Gasteiger partial charge in [-0.3, -0.25) is 4.79 Å². The minimum absolute atomic E-state index is 0.0540. The molecule has 0 aliphatic rings. The normalized spacial score (nSPS) is 11.1. The summed E-state index contributed by atoms with van der Waals surface area (Å²) in [6.45, 7) is 0.169. The van der Waals surface area contributed by atoms with Crippen LogP contribution in [-0.2, 0) is 0 Å². The Bertz CT molecular complexity index is 772. The molecule has 1 heterocycles. The van der Waals surface area contributed by atoms with E-state index in [-0.39, 0.29) is 16.0 Å². The lowest BCUT2D eigenvalue weighted by Gasteiger charge is -2.14. The van der Waals surface area contributed by atoms with E-state index in [1.165, 1.54) is 12.1 Å². The van der Waals surface area contributed by atoms with Crippen LogP contribution in [-0.4, -0.2) is 23.7 Å². The highest BCUT2D eigenvalue weighted by molar-refractivity contribution is 7.71. The lowest BCUT2D eigenvalue weighted by molar-refractivity contribution is -0.153. The molecule has 0 aliphatic carbocycles. The summed E-state index contributed by atoms with van der Waals surface area (Å²) in [6.07, 6.45) is -2.83. The number of nitrogens with one attached hydrogen (secondary N) is 2. The lowest BCUT2D eigenvalue weighted by atomic mass is 10.1. The van der Waals surface area contributed by atoms with Crippen molar-refractivity contribution in [2.24, 2.45) is 0 Å². The fourth-order valence-corrected chi connectivity index (χ4v) is 2.08. The number of halogens is 3. The van der Waals surface area contributed by atoms with E-state index < -0.39 is 18.7 Å². The zero-order chi connectivity index (χ0) is 17.0. The monoisotopic (exact) mass is 342 g/mol. The van der Waals surface area contributed by atoms with Gasteiger partial charge in [0, 0.05) is 17.4 Å². The predicted octanol–water partition coefficient (Wildman–Crippen LogP) is 4.25. The number of amides is 1. The van der Waals surface area contributed by atoms with Crippen LogP contribution < -0.4 is 10.1 Å². The Balaban J connectivity index is 2.19. The van der Waals surface area contributed by atoms with Crippen LogP contribution in [0.2, 0.25) is 0 Å². The van der Waals surface area contributed by atoms with Gasteiger partial charge in [0.2, 0.25) is 0 Å². The number of anilines is 1. The molecule has 1 aromatic heterocycles.